The van der Waals surface area contributed by atoms with Gasteiger partial charge in [0.1, 0.15) is 0 Å². The monoisotopic (exact) mass is 433 g/mol. The van der Waals surface area contributed by atoms with Gasteiger partial charge in [-0.2, -0.15) is 0 Å². The van der Waals surface area contributed by atoms with Gasteiger partial charge in [-0.25, -0.2) is 10.0 Å². The first-order chi connectivity index (χ1) is 16.2. The lowest BCUT2D eigenvalue weighted by Gasteiger charge is -2.40. The van der Waals surface area contributed by atoms with Gasteiger partial charge in [-0.15, -0.1) is 10.2 Å². The second-order valence-electron chi connectivity index (χ2n) is 7.31. The third kappa shape index (κ3) is 3.95. The lowest BCUT2D eigenvalue weighted by Crippen LogP contribution is -2.53. The summed E-state index contributed by atoms with van der Waals surface area (Å²) in [6.45, 7) is 0. The van der Waals surface area contributed by atoms with Crippen LogP contribution in [-0.4, -0.2) is 16.6 Å². The fourth-order valence-electron chi connectivity index (χ4n) is 3.66. The van der Waals surface area contributed by atoms with Gasteiger partial charge in [0.25, 0.3) is 5.69 Å². The molecule has 0 fully saturated rings. The summed E-state index contributed by atoms with van der Waals surface area (Å²) in [4.78, 5) is 10.8. The number of hydrogen-bond donors (Lipinski definition) is 0. The van der Waals surface area contributed by atoms with Crippen molar-refractivity contribution in [1.82, 2.24) is 0 Å². The first kappa shape index (κ1) is 20.1. The Morgan fingerprint density at radius 1 is 0.545 bits per heavy atom. The van der Waals surface area contributed by atoms with Gasteiger partial charge < -0.3 is 0 Å². The summed E-state index contributed by atoms with van der Waals surface area (Å²) in [5, 5.41) is 24.4. The molecule has 4 aromatic rings. The number of non-ortho nitro benzene ring substituents is 1. The van der Waals surface area contributed by atoms with Crippen molar-refractivity contribution in [2.45, 2.75) is 0 Å². The van der Waals surface area contributed by atoms with E-state index in [2.05, 4.69) is 10.2 Å². The van der Waals surface area contributed by atoms with E-state index in [-0.39, 0.29) is 5.69 Å². The summed E-state index contributed by atoms with van der Waals surface area (Å²) >= 11 is 0. The van der Waals surface area contributed by atoms with Gasteiger partial charge in [-0.1, -0.05) is 78.9 Å². The van der Waals surface area contributed by atoms with E-state index >= 15 is 0 Å². The molecule has 0 radical (unpaired) electrons. The van der Waals surface area contributed by atoms with Crippen molar-refractivity contribution in [2.75, 3.05) is 10.0 Å². The Bertz CT molecular complexity index is 1320. The minimum absolute atomic E-state index is 0.0252. The zero-order valence-corrected chi connectivity index (χ0v) is 17.5. The molecule has 0 amide bonds. The second kappa shape index (κ2) is 8.76. The van der Waals surface area contributed by atoms with Crippen LogP contribution in [0.2, 0.25) is 0 Å². The van der Waals surface area contributed by atoms with Crippen molar-refractivity contribution in [3.63, 3.8) is 0 Å². The molecule has 160 valence electrons. The minimum Gasteiger partial charge on any atom is -0.258 e. The number of rotatable bonds is 5. The highest BCUT2D eigenvalue weighted by Gasteiger charge is 2.32. The Hall–Kier alpha value is -4.78. The molecule has 0 atom stereocenters. The number of nitro groups is 1. The highest BCUT2D eigenvalue weighted by Crippen LogP contribution is 2.31. The summed E-state index contributed by atoms with van der Waals surface area (Å²) in [5.41, 5.74) is 3.38. The Morgan fingerprint density at radius 2 is 0.939 bits per heavy atom. The summed E-state index contributed by atoms with van der Waals surface area (Å²) in [5.74, 6) is 1.24. The average Bonchev–Trinajstić information content (AvgIpc) is 2.89. The normalized spacial score (nSPS) is 13.3. The zero-order valence-electron chi connectivity index (χ0n) is 17.5. The average molecular weight is 433 g/mol. The zero-order chi connectivity index (χ0) is 22.6. The van der Waals surface area contributed by atoms with Crippen LogP contribution in [0.1, 0.15) is 11.1 Å². The van der Waals surface area contributed by atoms with Crippen molar-refractivity contribution in [2.24, 2.45) is 10.2 Å². The van der Waals surface area contributed by atoms with Crippen molar-refractivity contribution in [1.29, 1.82) is 0 Å². The Morgan fingerprint density at radius 3 is 1.36 bits per heavy atom. The standard InChI is InChI=1S/C26H19N5O2/c32-31(33)24-18-16-23(17-19-24)30-26(21-12-6-2-7-13-21)28-27-25(20-10-4-1-5-11-20)29(30)22-14-8-3-9-15-22/h1-19H. The van der Waals surface area contributed by atoms with Gasteiger partial charge in [0.2, 0.25) is 0 Å². The highest BCUT2D eigenvalue weighted by molar-refractivity contribution is 6.22. The topological polar surface area (TPSA) is 74.3 Å². The molecule has 0 N–H and O–H groups in total. The fourth-order valence-corrected chi connectivity index (χ4v) is 3.66. The molecule has 0 saturated heterocycles. The van der Waals surface area contributed by atoms with E-state index < -0.39 is 4.92 Å². The quantitative estimate of drug-likeness (QED) is 0.301. The molecule has 1 heterocycles. The molecule has 7 heteroatoms. The number of nitro benzene ring substituents is 1. The molecule has 5 rings (SSSR count). The number of nitrogens with zero attached hydrogens (tertiary/aromatic N) is 5. The van der Waals surface area contributed by atoms with Gasteiger partial charge in [-0.05, 0) is 24.3 Å². The maximum atomic E-state index is 11.2. The number of para-hydroxylation sites is 1. The number of hydrogen-bond acceptors (Lipinski definition) is 6. The summed E-state index contributed by atoms with van der Waals surface area (Å²) in [6.07, 6.45) is 0. The maximum Gasteiger partial charge on any atom is 0.269 e. The molecule has 0 unspecified atom stereocenters. The van der Waals surface area contributed by atoms with Crippen LogP contribution in [0.3, 0.4) is 0 Å². The predicted molar refractivity (Wildman–Crippen MR) is 130 cm³/mol. The minimum atomic E-state index is -0.405. The van der Waals surface area contributed by atoms with E-state index in [1.807, 2.05) is 101 Å². The van der Waals surface area contributed by atoms with Crippen LogP contribution in [0, 0.1) is 10.1 Å². The molecular formula is C26H19N5O2. The smallest absolute Gasteiger partial charge is 0.258 e. The molecule has 7 nitrogen and oxygen atoms in total. The number of benzene rings is 4. The third-order valence-corrected chi connectivity index (χ3v) is 5.21. The first-order valence-electron chi connectivity index (χ1n) is 10.4. The molecule has 0 bridgehead atoms. The number of anilines is 2. The number of amidine groups is 2. The Kier molecular flexibility index (Phi) is 5.35. The second-order valence-corrected chi connectivity index (χ2v) is 7.31. The maximum absolute atomic E-state index is 11.2. The molecule has 0 saturated carbocycles. The van der Waals surface area contributed by atoms with E-state index in [4.69, 9.17) is 0 Å². The van der Waals surface area contributed by atoms with Crippen LogP contribution < -0.4 is 10.0 Å². The summed E-state index contributed by atoms with van der Waals surface area (Å²) < 4.78 is 0. The summed E-state index contributed by atoms with van der Waals surface area (Å²) in [6, 6.07) is 35.8. The van der Waals surface area contributed by atoms with Crippen LogP contribution >= 0.6 is 0 Å². The molecule has 4 aromatic carbocycles. The molecule has 0 spiro atoms. The molecule has 1 aliphatic heterocycles. The molecule has 0 aliphatic carbocycles. The molecule has 0 aromatic heterocycles. The fraction of sp³-hybridized carbons (Fsp3) is 0. The molecule has 1 aliphatic rings. The van der Waals surface area contributed by atoms with Gasteiger partial charge >= 0.3 is 0 Å². The third-order valence-electron chi connectivity index (χ3n) is 5.21. The van der Waals surface area contributed by atoms with E-state index in [0.717, 1.165) is 22.5 Å². The van der Waals surface area contributed by atoms with Gasteiger partial charge in [0.15, 0.2) is 11.7 Å². The lowest BCUT2D eigenvalue weighted by atomic mass is 10.1. The largest absolute Gasteiger partial charge is 0.269 e. The Balaban J connectivity index is 1.74. The lowest BCUT2D eigenvalue weighted by molar-refractivity contribution is -0.384. The van der Waals surface area contributed by atoms with Crippen LogP contribution in [-0.2, 0) is 0 Å². The van der Waals surface area contributed by atoms with E-state index in [1.54, 1.807) is 12.1 Å². The van der Waals surface area contributed by atoms with Gasteiger partial charge in [-0.3, -0.25) is 10.1 Å². The van der Waals surface area contributed by atoms with E-state index in [0.29, 0.717) is 11.7 Å². The van der Waals surface area contributed by atoms with E-state index in [1.165, 1.54) is 12.1 Å². The first-order valence-corrected chi connectivity index (χ1v) is 10.4. The van der Waals surface area contributed by atoms with Crippen molar-refractivity contribution in [3.05, 3.63) is 137 Å². The van der Waals surface area contributed by atoms with Crippen molar-refractivity contribution >= 4 is 28.7 Å². The summed E-state index contributed by atoms with van der Waals surface area (Å²) in [7, 11) is 0. The van der Waals surface area contributed by atoms with Crippen molar-refractivity contribution < 1.29 is 4.92 Å². The van der Waals surface area contributed by atoms with E-state index in [9.17, 15) is 10.1 Å². The molecule has 33 heavy (non-hydrogen) atoms. The van der Waals surface area contributed by atoms with Crippen LogP contribution in [0.5, 0.6) is 0 Å². The SMILES string of the molecule is O=[N+]([O-])c1ccc(N2C(c3ccccc3)=NN=C(c3ccccc3)N2c2ccccc2)cc1. The van der Waals surface area contributed by atoms with Crippen molar-refractivity contribution in [3.8, 4) is 0 Å². The Labute approximate surface area is 190 Å². The van der Waals surface area contributed by atoms with Gasteiger partial charge in [0.05, 0.1) is 16.3 Å². The van der Waals surface area contributed by atoms with Gasteiger partial charge in [0, 0.05) is 23.3 Å². The van der Waals surface area contributed by atoms with Crippen LogP contribution in [0.25, 0.3) is 0 Å². The van der Waals surface area contributed by atoms with Crippen LogP contribution in [0.15, 0.2) is 125 Å². The molecular weight excluding hydrogens is 414 g/mol. The highest BCUT2D eigenvalue weighted by atomic mass is 16.6. The predicted octanol–water partition coefficient (Wildman–Crippen LogP) is 5.65. The van der Waals surface area contributed by atoms with Crippen LogP contribution in [0.4, 0.5) is 17.1 Å². The number of hydrazine groups is 1.